The third-order valence-corrected chi connectivity index (χ3v) is 7.74. The molecule has 242 valence electrons. The molecule has 13 heteroatoms. The molecule has 0 aliphatic carbocycles. The van der Waals surface area contributed by atoms with Gasteiger partial charge in [-0.2, -0.15) is 8.78 Å². The molecule has 3 heterocycles. The summed E-state index contributed by atoms with van der Waals surface area (Å²) >= 11 is 0. The van der Waals surface area contributed by atoms with Crippen LogP contribution in [0.5, 0.6) is 11.5 Å². The fraction of sp³-hybridized carbons (Fsp3) is 0.469. The van der Waals surface area contributed by atoms with Crippen LogP contribution in [0.25, 0.3) is 11.5 Å². The maximum absolute atomic E-state index is 13.2. The summed E-state index contributed by atoms with van der Waals surface area (Å²) in [6, 6.07) is 11.8. The third kappa shape index (κ3) is 8.49. The highest BCUT2D eigenvalue weighted by Crippen LogP contribution is 2.35. The summed E-state index contributed by atoms with van der Waals surface area (Å²) in [6.07, 6.45) is 3.22. The molecule has 1 fully saturated rings. The van der Waals surface area contributed by atoms with Gasteiger partial charge in [0.15, 0.2) is 23.0 Å². The summed E-state index contributed by atoms with van der Waals surface area (Å²) < 4.78 is 47.9. The Balaban J connectivity index is 1.23. The number of nitrogens with one attached hydrogen (secondary N) is 2. The topological polar surface area (TPSA) is 141 Å². The number of aryl methyl sites for hydroxylation is 1. The van der Waals surface area contributed by atoms with E-state index in [1.165, 1.54) is 23.8 Å². The van der Waals surface area contributed by atoms with E-state index in [0.29, 0.717) is 57.7 Å². The first-order chi connectivity index (χ1) is 21.8. The number of oxazole rings is 1. The Bertz CT molecular complexity index is 1460. The number of halogens is 2. The molecule has 1 aromatic heterocycles. The predicted molar refractivity (Wildman–Crippen MR) is 162 cm³/mol. The molecule has 3 aromatic rings. The predicted octanol–water partition coefficient (Wildman–Crippen LogP) is 4.53. The van der Waals surface area contributed by atoms with Crippen LogP contribution in [0, 0.1) is 0 Å². The highest BCUT2D eigenvalue weighted by molar-refractivity contribution is 5.94. The molecule has 0 saturated carbocycles. The number of anilines is 1. The minimum Gasteiger partial charge on any atom is -0.490 e. The van der Waals surface area contributed by atoms with Crippen molar-refractivity contribution >= 4 is 17.5 Å². The molecule has 2 amide bonds. The van der Waals surface area contributed by atoms with E-state index in [1.54, 1.807) is 11.8 Å². The molecule has 0 spiro atoms. The number of nitrogens with zero attached hydrogens (tertiary/aromatic N) is 2. The number of hydrogen-bond acceptors (Lipinski definition) is 9. The van der Waals surface area contributed by atoms with Crippen LogP contribution < -0.4 is 25.8 Å². The zero-order valence-electron chi connectivity index (χ0n) is 25.2. The van der Waals surface area contributed by atoms with Crippen LogP contribution in [0.3, 0.4) is 0 Å². The Morgan fingerprint density at radius 1 is 1.16 bits per heavy atom. The Labute approximate surface area is 260 Å². The first-order valence-corrected chi connectivity index (χ1v) is 15.2. The van der Waals surface area contributed by atoms with E-state index < -0.39 is 18.6 Å². The normalized spacial score (nSPS) is 16.9. The van der Waals surface area contributed by atoms with Gasteiger partial charge < -0.3 is 39.9 Å². The lowest BCUT2D eigenvalue weighted by atomic mass is 9.98. The van der Waals surface area contributed by atoms with Crippen molar-refractivity contribution in [1.29, 1.82) is 0 Å². The number of morpholine rings is 1. The summed E-state index contributed by atoms with van der Waals surface area (Å²) in [4.78, 5) is 31.8. The lowest BCUT2D eigenvalue weighted by molar-refractivity contribution is -0.135. The molecule has 2 aromatic carbocycles. The van der Waals surface area contributed by atoms with Gasteiger partial charge in [-0.05, 0) is 62.4 Å². The molecule has 11 nitrogen and oxygen atoms in total. The Kier molecular flexibility index (Phi) is 10.8. The number of nitrogens with two attached hydrogens (primary N) is 1. The Morgan fingerprint density at radius 3 is 2.73 bits per heavy atom. The van der Waals surface area contributed by atoms with Crippen molar-refractivity contribution in [2.24, 2.45) is 5.73 Å². The number of aromatic nitrogens is 1. The average molecular weight is 628 g/mol. The van der Waals surface area contributed by atoms with E-state index in [0.717, 1.165) is 18.5 Å². The van der Waals surface area contributed by atoms with E-state index in [9.17, 15) is 18.4 Å². The monoisotopic (exact) mass is 627 g/mol. The van der Waals surface area contributed by atoms with Gasteiger partial charge in [0.25, 0.3) is 5.91 Å². The largest absolute Gasteiger partial charge is 0.490 e. The number of carbonyl (C=O) groups excluding carboxylic acids is 2. The summed E-state index contributed by atoms with van der Waals surface area (Å²) in [7, 11) is 0. The van der Waals surface area contributed by atoms with Crippen LogP contribution in [0.15, 0.2) is 46.9 Å². The van der Waals surface area contributed by atoms with Crippen molar-refractivity contribution in [1.82, 2.24) is 15.2 Å². The molecular weight excluding hydrogens is 588 g/mol. The number of alkyl halides is 2. The molecule has 4 N–H and O–H groups in total. The lowest BCUT2D eigenvalue weighted by Crippen LogP contribution is -2.40. The molecule has 0 radical (unpaired) electrons. The number of fused-ring (bicyclic) bond motifs is 1. The minimum atomic E-state index is -3.06. The molecule has 1 unspecified atom stereocenters. The number of para-hydroxylation sites is 1. The number of rotatable bonds is 13. The van der Waals surface area contributed by atoms with Crippen LogP contribution >= 0.6 is 0 Å². The van der Waals surface area contributed by atoms with E-state index >= 15 is 0 Å². The van der Waals surface area contributed by atoms with Crippen molar-refractivity contribution in [2.45, 2.75) is 57.7 Å². The molecule has 45 heavy (non-hydrogen) atoms. The Hall–Kier alpha value is -4.23. The number of amides is 2. The summed E-state index contributed by atoms with van der Waals surface area (Å²) in [6.45, 7) is 1.40. The second-order valence-electron chi connectivity index (χ2n) is 11.1. The van der Waals surface area contributed by atoms with Crippen molar-refractivity contribution < 1.29 is 37.0 Å². The molecule has 0 bridgehead atoms. The fourth-order valence-electron chi connectivity index (χ4n) is 5.36. The van der Waals surface area contributed by atoms with Gasteiger partial charge >= 0.3 is 6.61 Å². The van der Waals surface area contributed by atoms with Gasteiger partial charge in [0.2, 0.25) is 11.8 Å². The minimum absolute atomic E-state index is 0.0496. The molecule has 1 saturated heterocycles. The Morgan fingerprint density at radius 2 is 1.96 bits per heavy atom. The summed E-state index contributed by atoms with van der Waals surface area (Å²) in [5.41, 5.74) is 8.86. The standard InChI is InChI=1S/C32H39F2N5O6/c1-20(35)29-28(30(41)36-19-23-11-9-21-6-2-3-7-24(21)37-23)38-31(45-29)22-10-12-25(44-32(33)34)26(18-22)43-15-5-4-8-27(40)39-13-16-42-17-14-39/h2-3,6-7,10,12,18,20,23,32,37H,4-5,8-9,11,13-17,19,35H2,1H3,(H,36,41)/t20-,23?/m0/s1. The molecule has 2 aliphatic rings. The fourth-order valence-corrected chi connectivity index (χ4v) is 5.36. The van der Waals surface area contributed by atoms with E-state index in [2.05, 4.69) is 26.4 Å². The highest BCUT2D eigenvalue weighted by Gasteiger charge is 2.26. The van der Waals surface area contributed by atoms with Gasteiger partial charge in [-0.25, -0.2) is 4.98 Å². The van der Waals surface area contributed by atoms with Gasteiger partial charge in [-0.3, -0.25) is 9.59 Å². The van der Waals surface area contributed by atoms with E-state index in [4.69, 9.17) is 19.6 Å². The first kappa shape index (κ1) is 32.2. The number of hydrogen-bond donors (Lipinski definition) is 3. The van der Waals surface area contributed by atoms with Crippen molar-refractivity contribution in [3.05, 3.63) is 59.5 Å². The van der Waals surface area contributed by atoms with Gasteiger partial charge in [0, 0.05) is 43.3 Å². The number of ether oxygens (including phenoxy) is 3. The van der Waals surface area contributed by atoms with Gasteiger partial charge in [0.05, 0.1) is 25.9 Å². The van der Waals surface area contributed by atoms with Crippen molar-refractivity contribution in [2.75, 3.05) is 44.8 Å². The quantitative estimate of drug-likeness (QED) is 0.233. The summed E-state index contributed by atoms with van der Waals surface area (Å²) in [5, 5.41) is 6.39. The zero-order chi connectivity index (χ0) is 31.8. The third-order valence-electron chi connectivity index (χ3n) is 7.74. The highest BCUT2D eigenvalue weighted by atomic mass is 19.3. The van der Waals surface area contributed by atoms with Crippen LogP contribution in [-0.4, -0.2) is 73.8 Å². The SMILES string of the molecule is C[C@H](N)c1oc(-c2ccc(OC(F)F)c(OCCCCC(=O)N3CCOCC3)c2)nc1C(=O)NCC1CCc2ccccc2N1. The first-order valence-electron chi connectivity index (χ1n) is 15.2. The number of unbranched alkanes of at least 4 members (excludes halogenated alkanes) is 1. The van der Waals surface area contributed by atoms with Crippen molar-refractivity contribution in [3.63, 3.8) is 0 Å². The lowest BCUT2D eigenvalue weighted by Gasteiger charge is -2.27. The van der Waals surface area contributed by atoms with Crippen molar-refractivity contribution in [3.8, 4) is 23.0 Å². The van der Waals surface area contributed by atoms with Crippen LogP contribution in [-0.2, 0) is 16.0 Å². The second-order valence-corrected chi connectivity index (χ2v) is 11.1. The molecular formula is C32H39F2N5O6. The van der Waals surface area contributed by atoms with E-state index in [-0.39, 0.29) is 47.4 Å². The average Bonchev–Trinajstić information content (AvgIpc) is 3.50. The maximum atomic E-state index is 13.2. The van der Waals surface area contributed by atoms with E-state index in [1.807, 2.05) is 18.2 Å². The summed E-state index contributed by atoms with van der Waals surface area (Å²) in [5.74, 6) is -0.194. The van der Waals surface area contributed by atoms with Gasteiger partial charge in [0.1, 0.15) is 0 Å². The smallest absolute Gasteiger partial charge is 0.387 e. The number of carbonyl (C=O) groups is 2. The molecule has 2 atom stereocenters. The van der Waals surface area contributed by atoms with Crippen LogP contribution in [0.1, 0.15) is 60.5 Å². The van der Waals surface area contributed by atoms with Crippen LogP contribution in [0.4, 0.5) is 14.5 Å². The maximum Gasteiger partial charge on any atom is 0.387 e. The zero-order valence-corrected chi connectivity index (χ0v) is 25.2. The molecule has 2 aliphatic heterocycles. The second kappa shape index (κ2) is 15.2. The van der Waals surface area contributed by atoms with Gasteiger partial charge in [-0.1, -0.05) is 18.2 Å². The van der Waals surface area contributed by atoms with Gasteiger partial charge in [-0.15, -0.1) is 0 Å². The molecule has 5 rings (SSSR count). The number of benzene rings is 2. The van der Waals surface area contributed by atoms with Crippen LogP contribution in [0.2, 0.25) is 0 Å².